The molecule has 27 heavy (non-hydrogen) atoms. The Morgan fingerprint density at radius 3 is 2.63 bits per heavy atom. The smallest absolute Gasteiger partial charge is 0.307 e. The fourth-order valence-electron chi connectivity index (χ4n) is 2.91. The molecule has 2 heterocycles. The van der Waals surface area contributed by atoms with E-state index in [2.05, 4.69) is 15.4 Å². The number of anilines is 1. The lowest BCUT2D eigenvalue weighted by Crippen LogP contribution is -2.11. The van der Waals surface area contributed by atoms with Gasteiger partial charge in [-0.1, -0.05) is 6.07 Å². The molecule has 0 aliphatic heterocycles. The predicted octanol–water partition coefficient (Wildman–Crippen LogP) is 1.99. The monoisotopic (exact) mass is 392 g/mol. The quantitative estimate of drug-likeness (QED) is 0.682. The summed E-state index contributed by atoms with van der Waals surface area (Å²) in [5, 5.41) is 16.0. The van der Waals surface area contributed by atoms with Gasteiger partial charge in [-0.05, 0) is 32.0 Å². The second kappa shape index (κ2) is 6.62. The van der Waals surface area contributed by atoms with Gasteiger partial charge in [-0.25, -0.2) is 22.3 Å². The van der Waals surface area contributed by atoms with Crippen LogP contribution in [0.15, 0.2) is 34.1 Å². The van der Waals surface area contributed by atoms with Gasteiger partial charge in [-0.15, -0.1) is 5.10 Å². The van der Waals surface area contributed by atoms with Crippen molar-refractivity contribution in [1.82, 2.24) is 14.6 Å². The molecule has 142 valence electrons. The summed E-state index contributed by atoms with van der Waals surface area (Å²) in [4.78, 5) is 15.0. The zero-order valence-electron chi connectivity index (χ0n) is 14.8. The first-order chi connectivity index (χ1) is 12.7. The minimum atomic E-state index is -4.12. The average molecular weight is 392 g/mol. The Morgan fingerprint density at radius 2 is 2.04 bits per heavy atom. The van der Waals surface area contributed by atoms with Gasteiger partial charge in [0.2, 0.25) is 9.84 Å². The van der Waals surface area contributed by atoms with Gasteiger partial charge in [0, 0.05) is 24.0 Å². The number of aliphatic carboxylic acids is 1. The van der Waals surface area contributed by atoms with Crippen LogP contribution < -0.4 is 5.32 Å². The maximum absolute atomic E-state index is 13.6. The van der Waals surface area contributed by atoms with Crippen LogP contribution >= 0.6 is 0 Å². The molecule has 0 amide bonds. The fourth-order valence-corrected chi connectivity index (χ4v) is 4.44. The maximum Gasteiger partial charge on any atom is 0.307 e. The number of rotatable bonds is 5. The van der Waals surface area contributed by atoms with Gasteiger partial charge >= 0.3 is 5.97 Å². The van der Waals surface area contributed by atoms with E-state index < -0.39 is 21.6 Å². The molecule has 3 rings (SSSR count). The molecule has 0 saturated heterocycles. The molecule has 0 radical (unpaired) electrons. The first kappa shape index (κ1) is 18.8. The molecule has 0 aliphatic rings. The summed E-state index contributed by atoms with van der Waals surface area (Å²) >= 11 is 0. The van der Waals surface area contributed by atoms with Gasteiger partial charge in [-0.2, -0.15) is 0 Å². The Morgan fingerprint density at radius 1 is 1.33 bits per heavy atom. The predicted molar refractivity (Wildman–Crippen MR) is 95.2 cm³/mol. The zero-order chi connectivity index (χ0) is 19.9. The van der Waals surface area contributed by atoms with E-state index in [4.69, 9.17) is 5.11 Å². The highest BCUT2D eigenvalue weighted by Gasteiger charge is 2.30. The molecule has 1 aromatic carbocycles. The molecule has 8 nitrogen and oxygen atoms in total. The van der Waals surface area contributed by atoms with E-state index in [0.717, 1.165) is 12.1 Å². The lowest BCUT2D eigenvalue weighted by atomic mass is 10.1. The normalized spacial score (nSPS) is 11.7. The number of carbonyl (C=O) groups is 1. The summed E-state index contributed by atoms with van der Waals surface area (Å²) in [6.45, 7) is 3.25. The van der Waals surface area contributed by atoms with Crippen molar-refractivity contribution in [2.75, 3.05) is 12.4 Å². The molecule has 2 aromatic heterocycles. The number of carboxylic acids is 1. The van der Waals surface area contributed by atoms with Gasteiger partial charge < -0.3 is 10.4 Å². The highest BCUT2D eigenvalue weighted by molar-refractivity contribution is 7.91. The van der Waals surface area contributed by atoms with E-state index in [1.807, 2.05) is 0 Å². The summed E-state index contributed by atoms with van der Waals surface area (Å²) in [7, 11) is -2.61. The van der Waals surface area contributed by atoms with Gasteiger partial charge in [0.25, 0.3) is 0 Å². The minimum Gasteiger partial charge on any atom is -0.481 e. The molecule has 0 aliphatic carbocycles. The van der Waals surface area contributed by atoms with Crippen LogP contribution in [0.2, 0.25) is 0 Å². The number of aryl methyl sites for hydroxylation is 2. The van der Waals surface area contributed by atoms with Crippen molar-refractivity contribution >= 4 is 27.3 Å². The standard InChI is InChI=1S/C17H17FN4O4S/c1-9-13(8-14(23)24)10(2)22-17(20-9)15(16(19-3)21-22)27(25,26)12-6-4-5-11(18)7-12/h4-7H,8H2,1-3H3,(H,19,21)(H,23,24). The first-order valence-corrected chi connectivity index (χ1v) is 9.44. The van der Waals surface area contributed by atoms with Crippen LogP contribution in [0.4, 0.5) is 10.2 Å². The zero-order valence-corrected chi connectivity index (χ0v) is 15.6. The molecular formula is C17H17FN4O4S. The van der Waals surface area contributed by atoms with Gasteiger partial charge in [-0.3, -0.25) is 4.79 Å². The van der Waals surface area contributed by atoms with Crippen molar-refractivity contribution in [3.05, 3.63) is 47.0 Å². The number of carboxylic acid groups (broad SMARTS) is 1. The summed E-state index contributed by atoms with van der Waals surface area (Å²) in [6.07, 6.45) is -0.263. The maximum atomic E-state index is 13.6. The van der Waals surface area contributed by atoms with Crippen molar-refractivity contribution in [2.24, 2.45) is 0 Å². The number of halogens is 1. The number of nitrogens with zero attached hydrogens (tertiary/aromatic N) is 3. The van der Waals surface area contributed by atoms with Crippen molar-refractivity contribution in [1.29, 1.82) is 0 Å². The first-order valence-electron chi connectivity index (χ1n) is 7.95. The van der Waals surface area contributed by atoms with Crippen LogP contribution in [0.1, 0.15) is 17.0 Å². The summed E-state index contributed by atoms with van der Waals surface area (Å²) < 4.78 is 41.1. The lowest BCUT2D eigenvalue weighted by molar-refractivity contribution is -0.136. The Kier molecular flexibility index (Phi) is 4.60. The van der Waals surface area contributed by atoms with Crippen LogP contribution in [0, 0.1) is 19.7 Å². The molecule has 0 fully saturated rings. The molecule has 0 atom stereocenters. The molecule has 3 aromatic rings. The Balaban J connectivity index is 2.35. The third-order valence-electron chi connectivity index (χ3n) is 4.22. The van der Waals surface area contributed by atoms with E-state index in [0.29, 0.717) is 17.0 Å². The third-order valence-corrected chi connectivity index (χ3v) is 6.01. The van der Waals surface area contributed by atoms with Crippen molar-refractivity contribution in [2.45, 2.75) is 30.1 Å². The molecule has 0 saturated carbocycles. The number of benzene rings is 1. The Bertz CT molecular complexity index is 1170. The SMILES string of the molecule is CNc1nn2c(C)c(CC(=O)O)c(C)nc2c1S(=O)(=O)c1cccc(F)c1. The van der Waals surface area contributed by atoms with Crippen LogP contribution in [0.3, 0.4) is 0 Å². The van der Waals surface area contributed by atoms with E-state index in [1.54, 1.807) is 13.8 Å². The van der Waals surface area contributed by atoms with E-state index in [-0.39, 0.29) is 27.7 Å². The fraction of sp³-hybridized carbons (Fsp3) is 0.235. The summed E-state index contributed by atoms with van der Waals surface area (Å²) in [6, 6.07) is 4.68. The van der Waals surface area contributed by atoms with Crippen LogP contribution in [0.25, 0.3) is 5.65 Å². The lowest BCUT2D eigenvalue weighted by Gasteiger charge is -2.10. The molecule has 0 unspecified atom stereocenters. The number of nitrogens with one attached hydrogen (secondary N) is 1. The Hall–Kier alpha value is -3.01. The number of fused-ring (bicyclic) bond motifs is 1. The highest BCUT2D eigenvalue weighted by Crippen LogP contribution is 2.32. The van der Waals surface area contributed by atoms with Crippen molar-refractivity contribution in [3.63, 3.8) is 0 Å². The van der Waals surface area contributed by atoms with Crippen LogP contribution in [-0.2, 0) is 21.1 Å². The summed E-state index contributed by atoms with van der Waals surface area (Å²) in [5.74, 6) is -1.67. The van der Waals surface area contributed by atoms with E-state index >= 15 is 0 Å². The number of sulfone groups is 1. The minimum absolute atomic E-state index is 0.0433. The van der Waals surface area contributed by atoms with E-state index in [1.165, 1.54) is 23.7 Å². The van der Waals surface area contributed by atoms with Gasteiger partial charge in [0.1, 0.15) is 5.82 Å². The Labute approximate surface area is 154 Å². The van der Waals surface area contributed by atoms with E-state index in [9.17, 15) is 17.6 Å². The molecular weight excluding hydrogens is 375 g/mol. The second-order valence-electron chi connectivity index (χ2n) is 5.96. The number of hydrogen-bond acceptors (Lipinski definition) is 6. The molecule has 2 N–H and O–H groups in total. The van der Waals surface area contributed by atoms with Crippen LogP contribution in [0.5, 0.6) is 0 Å². The second-order valence-corrected chi connectivity index (χ2v) is 7.84. The van der Waals surface area contributed by atoms with Crippen molar-refractivity contribution < 1.29 is 22.7 Å². The number of hydrogen-bond donors (Lipinski definition) is 2. The molecule has 0 bridgehead atoms. The number of aromatic nitrogens is 3. The molecule has 0 spiro atoms. The average Bonchev–Trinajstić information content (AvgIpc) is 2.97. The summed E-state index contributed by atoms with van der Waals surface area (Å²) in [5.41, 5.74) is 1.36. The van der Waals surface area contributed by atoms with Gasteiger partial charge in [0.15, 0.2) is 16.4 Å². The topological polar surface area (TPSA) is 114 Å². The van der Waals surface area contributed by atoms with Crippen LogP contribution in [-0.4, -0.2) is 41.1 Å². The van der Waals surface area contributed by atoms with Gasteiger partial charge in [0.05, 0.1) is 11.3 Å². The third kappa shape index (κ3) is 3.12. The molecule has 10 heteroatoms. The highest BCUT2D eigenvalue weighted by atomic mass is 32.2. The van der Waals surface area contributed by atoms with Crippen molar-refractivity contribution in [3.8, 4) is 0 Å². The largest absolute Gasteiger partial charge is 0.481 e.